The van der Waals surface area contributed by atoms with Crippen molar-refractivity contribution >= 4 is 29.4 Å². The SMILES string of the molecule is CCOC(=O)C1CCN(C(=O)/C=C(\C)C(=O)Nc2ccc(C(=O)OC)cc2)CC1. The van der Waals surface area contributed by atoms with Crippen molar-refractivity contribution in [2.45, 2.75) is 26.7 Å². The van der Waals surface area contributed by atoms with Gasteiger partial charge in [0.05, 0.1) is 25.2 Å². The van der Waals surface area contributed by atoms with Crippen LogP contribution in [0.5, 0.6) is 0 Å². The molecule has 1 saturated heterocycles. The summed E-state index contributed by atoms with van der Waals surface area (Å²) in [5.74, 6) is -1.54. The molecule has 1 fully saturated rings. The van der Waals surface area contributed by atoms with E-state index in [0.717, 1.165) is 0 Å². The van der Waals surface area contributed by atoms with Crippen LogP contribution in [0.4, 0.5) is 5.69 Å². The van der Waals surface area contributed by atoms with Crippen LogP contribution >= 0.6 is 0 Å². The maximum Gasteiger partial charge on any atom is 0.337 e. The average molecular weight is 402 g/mol. The zero-order chi connectivity index (χ0) is 21.4. The van der Waals surface area contributed by atoms with Crippen LogP contribution in [0.25, 0.3) is 0 Å². The number of nitrogens with one attached hydrogen (secondary N) is 1. The summed E-state index contributed by atoms with van der Waals surface area (Å²) in [6.07, 6.45) is 2.40. The normalized spacial score (nSPS) is 14.9. The van der Waals surface area contributed by atoms with Crippen molar-refractivity contribution in [1.29, 1.82) is 0 Å². The topological polar surface area (TPSA) is 102 Å². The molecule has 1 heterocycles. The Kier molecular flexibility index (Phi) is 7.94. The molecule has 1 aliphatic rings. The number of hydrogen-bond donors (Lipinski definition) is 1. The molecule has 0 aliphatic carbocycles. The van der Waals surface area contributed by atoms with E-state index in [9.17, 15) is 19.2 Å². The summed E-state index contributed by atoms with van der Waals surface area (Å²) in [5.41, 5.74) is 1.14. The lowest BCUT2D eigenvalue weighted by molar-refractivity contribution is -0.150. The summed E-state index contributed by atoms with van der Waals surface area (Å²) in [6.45, 7) is 4.57. The second-order valence-corrected chi connectivity index (χ2v) is 6.70. The lowest BCUT2D eigenvalue weighted by Crippen LogP contribution is -2.40. The average Bonchev–Trinajstić information content (AvgIpc) is 2.73. The molecule has 29 heavy (non-hydrogen) atoms. The molecule has 0 bridgehead atoms. The van der Waals surface area contributed by atoms with E-state index >= 15 is 0 Å². The van der Waals surface area contributed by atoms with Crippen LogP contribution in [0.2, 0.25) is 0 Å². The van der Waals surface area contributed by atoms with Crippen LogP contribution in [0.15, 0.2) is 35.9 Å². The Labute approximate surface area is 169 Å². The Morgan fingerprint density at radius 3 is 2.31 bits per heavy atom. The first-order valence-electron chi connectivity index (χ1n) is 9.49. The molecule has 0 saturated carbocycles. The van der Waals surface area contributed by atoms with Gasteiger partial charge in [-0.05, 0) is 51.0 Å². The molecule has 1 aromatic carbocycles. The number of carbonyl (C=O) groups excluding carboxylic acids is 4. The minimum atomic E-state index is -0.462. The summed E-state index contributed by atoms with van der Waals surface area (Å²) in [5, 5.41) is 2.68. The summed E-state index contributed by atoms with van der Waals surface area (Å²) in [7, 11) is 1.29. The monoisotopic (exact) mass is 402 g/mol. The van der Waals surface area contributed by atoms with E-state index in [0.29, 0.717) is 43.8 Å². The summed E-state index contributed by atoms with van der Waals surface area (Å²) < 4.78 is 9.65. The van der Waals surface area contributed by atoms with E-state index in [2.05, 4.69) is 10.1 Å². The van der Waals surface area contributed by atoms with Crippen molar-refractivity contribution in [2.24, 2.45) is 5.92 Å². The molecule has 1 N–H and O–H groups in total. The molecule has 1 aromatic rings. The van der Waals surface area contributed by atoms with E-state index in [1.165, 1.54) is 13.2 Å². The highest BCUT2D eigenvalue weighted by molar-refractivity contribution is 6.07. The molecule has 2 rings (SSSR count). The van der Waals surface area contributed by atoms with Crippen molar-refractivity contribution in [2.75, 3.05) is 32.1 Å². The third-order valence-electron chi connectivity index (χ3n) is 4.69. The van der Waals surface area contributed by atoms with Crippen LogP contribution in [0.3, 0.4) is 0 Å². The Morgan fingerprint density at radius 2 is 1.76 bits per heavy atom. The lowest BCUT2D eigenvalue weighted by Gasteiger charge is -2.30. The number of piperidine rings is 1. The summed E-state index contributed by atoms with van der Waals surface area (Å²) >= 11 is 0. The van der Waals surface area contributed by atoms with E-state index in [4.69, 9.17) is 4.74 Å². The van der Waals surface area contributed by atoms with Crippen molar-refractivity contribution in [3.05, 3.63) is 41.5 Å². The van der Waals surface area contributed by atoms with Crippen molar-refractivity contribution in [1.82, 2.24) is 4.90 Å². The first kappa shape index (κ1) is 22.1. The summed E-state index contributed by atoms with van der Waals surface area (Å²) in [6, 6.07) is 6.25. The highest BCUT2D eigenvalue weighted by Gasteiger charge is 2.27. The number of anilines is 1. The molecule has 8 heteroatoms. The van der Waals surface area contributed by atoms with Gasteiger partial charge < -0.3 is 19.7 Å². The Hall–Kier alpha value is -3.16. The summed E-state index contributed by atoms with van der Waals surface area (Å²) in [4.78, 5) is 49.6. The largest absolute Gasteiger partial charge is 0.466 e. The Balaban J connectivity index is 1.89. The predicted octanol–water partition coefficient (Wildman–Crippen LogP) is 2.16. The molecule has 156 valence electrons. The van der Waals surface area contributed by atoms with Gasteiger partial charge in [-0.25, -0.2) is 4.79 Å². The van der Waals surface area contributed by atoms with Gasteiger partial charge in [-0.2, -0.15) is 0 Å². The minimum Gasteiger partial charge on any atom is -0.466 e. The van der Waals surface area contributed by atoms with Crippen LogP contribution in [-0.2, 0) is 23.9 Å². The highest BCUT2D eigenvalue weighted by atomic mass is 16.5. The molecule has 0 unspecified atom stereocenters. The molecule has 1 aliphatic heterocycles. The van der Waals surface area contributed by atoms with Gasteiger partial charge in [-0.3, -0.25) is 14.4 Å². The molecule has 8 nitrogen and oxygen atoms in total. The third-order valence-corrected chi connectivity index (χ3v) is 4.69. The first-order chi connectivity index (χ1) is 13.8. The lowest BCUT2D eigenvalue weighted by atomic mass is 9.97. The van der Waals surface area contributed by atoms with E-state index < -0.39 is 11.9 Å². The van der Waals surface area contributed by atoms with Crippen LogP contribution in [0.1, 0.15) is 37.0 Å². The fourth-order valence-corrected chi connectivity index (χ4v) is 2.97. The van der Waals surface area contributed by atoms with Crippen molar-refractivity contribution < 1.29 is 28.7 Å². The molecule has 0 aromatic heterocycles. The number of likely N-dealkylation sites (tertiary alicyclic amines) is 1. The second kappa shape index (κ2) is 10.4. The van der Waals surface area contributed by atoms with Gasteiger partial charge >= 0.3 is 11.9 Å². The highest BCUT2D eigenvalue weighted by Crippen LogP contribution is 2.19. The van der Waals surface area contributed by atoms with Gasteiger partial charge in [0.2, 0.25) is 5.91 Å². The number of hydrogen-bond acceptors (Lipinski definition) is 6. The molecular formula is C21H26N2O6. The van der Waals surface area contributed by atoms with Gasteiger partial charge in [0, 0.05) is 30.4 Å². The number of nitrogens with zero attached hydrogens (tertiary/aromatic N) is 1. The van der Waals surface area contributed by atoms with Gasteiger partial charge in [0.1, 0.15) is 0 Å². The number of rotatable bonds is 6. The number of carbonyl (C=O) groups is 4. The van der Waals surface area contributed by atoms with Crippen LogP contribution in [-0.4, -0.2) is 55.5 Å². The maximum atomic E-state index is 12.4. The molecule has 0 atom stereocenters. The molecule has 2 amide bonds. The second-order valence-electron chi connectivity index (χ2n) is 6.70. The van der Waals surface area contributed by atoms with Gasteiger partial charge in [0.25, 0.3) is 5.91 Å². The minimum absolute atomic E-state index is 0.180. The van der Waals surface area contributed by atoms with Crippen molar-refractivity contribution in [3.8, 4) is 0 Å². The van der Waals surface area contributed by atoms with E-state index in [-0.39, 0.29) is 23.4 Å². The van der Waals surface area contributed by atoms with Gasteiger partial charge in [-0.15, -0.1) is 0 Å². The van der Waals surface area contributed by atoms with E-state index in [1.807, 2.05) is 0 Å². The molecular weight excluding hydrogens is 376 g/mol. The zero-order valence-electron chi connectivity index (χ0n) is 16.9. The predicted molar refractivity (Wildman–Crippen MR) is 106 cm³/mol. The first-order valence-corrected chi connectivity index (χ1v) is 9.49. The number of amides is 2. The van der Waals surface area contributed by atoms with Gasteiger partial charge in [-0.1, -0.05) is 0 Å². The Morgan fingerprint density at radius 1 is 1.14 bits per heavy atom. The number of ether oxygens (including phenoxy) is 2. The quantitative estimate of drug-likeness (QED) is 0.578. The standard InChI is InChI=1S/C21H26N2O6/c1-4-29-21(27)16-9-11-23(12-10-16)18(24)13-14(2)19(25)22-17-7-5-15(6-8-17)20(26)28-3/h5-8,13,16H,4,9-12H2,1-3H3,(H,22,25)/b14-13+. The van der Waals surface area contributed by atoms with Crippen LogP contribution in [0, 0.1) is 5.92 Å². The number of esters is 2. The molecule has 0 spiro atoms. The van der Waals surface area contributed by atoms with Crippen molar-refractivity contribution in [3.63, 3.8) is 0 Å². The number of benzene rings is 1. The smallest absolute Gasteiger partial charge is 0.337 e. The fourth-order valence-electron chi connectivity index (χ4n) is 2.97. The van der Waals surface area contributed by atoms with Gasteiger partial charge in [0.15, 0.2) is 0 Å². The molecule has 0 radical (unpaired) electrons. The zero-order valence-corrected chi connectivity index (χ0v) is 16.9. The maximum absolute atomic E-state index is 12.4. The van der Waals surface area contributed by atoms with Crippen LogP contribution < -0.4 is 5.32 Å². The number of methoxy groups -OCH3 is 1. The third kappa shape index (κ3) is 6.17. The van der Waals surface area contributed by atoms with E-state index in [1.54, 1.807) is 43.0 Å². The fraction of sp³-hybridized carbons (Fsp3) is 0.429. The Bertz CT molecular complexity index is 792.